The van der Waals surface area contributed by atoms with Gasteiger partial charge in [0, 0.05) is 5.39 Å². The summed E-state index contributed by atoms with van der Waals surface area (Å²) in [4.78, 5) is -0.0457. The Kier molecular flexibility index (Phi) is 7.28. The van der Waals surface area contributed by atoms with Gasteiger partial charge in [-0.05, 0) is 11.5 Å². The van der Waals surface area contributed by atoms with Crippen LogP contribution >= 0.6 is 0 Å². The predicted molar refractivity (Wildman–Crippen MR) is 69.3 cm³/mol. The molecule has 2 aromatic rings. The van der Waals surface area contributed by atoms with Crippen LogP contribution in [0.2, 0.25) is 0 Å². The van der Waals surface area contributed by atoms with Gasteiger partial charge in [0.05, 0.1) is 0 Å². The van der Waals surface area contributed by atoms with E-state index < -0.39 is 10.1 Å². The van der Waals surface area contributed by atoms with Gasteiger partial charge in [-0.25, -0.2) is 19.6 Å². The summed E-state index contributed by atoms with van der Waals surface area (Å²) in [5, 5.41) is 1.33. The SMILES string of the molecule is C=C[CH2-].O=S(=O)(O)c1cccc2ccccc12.[Na+]. The fraction of sp³-hybridized carbons (Fsp3) is 0. The molecule has 2 rings (SSSR count). The van der Waals surface area contributed by atoms with E-state index in [4.69, 9.17) is 4.55 Å². The van der Waals surface area contributed by atoms with Gasteiger partial charge in [0.2, 0.25) is 0 Å². The average molecular weight is 272 g/mol. The zero-order chi connectivity index (χ0) is 12.9. The molecule has 3 nitrogen and oxygen atoms in total. The maximum Gasteiger partial charge on any atom is 1.00 e. The fourth-order valence-electron chi connectivity index (χ4n) is 1.42. The van der Waals surface area contributed by atoms with Crippen LogP contribution in [0.15, 0.2) is 60.0 Å². The summed E-state index contributed by atoms with van der Waals surface area (Å²) in [7, 11) is -4.13. The third kappa shape index (κ3) is 4.48. The van der Waals surface area contributed by atoms with Crippen LogP contribution in [0.1, 0.15) is 0 Å². The van der Waals surface area contributed by atoms with Gasteiger partial charge in [-0.15, -0.1) is 0 Å². The smallest absolute Gasteiger partial charge is 0.282 e. The van der Waals surface area contributed by atoms with Gasteiger partial charge in [-0.1, -0.05) is 36.4 Å². The third-order valence-corrected chi connectivity index (χ3v) is 2.94. The summed E-state index contributed by atoms with van der Waals surface area (Å²) < 4.78 is 31.0. The molecule has 0 saturated carbocycles. The molecule has 0 amide bonds. The molecule has 18 heavy (non-hydrogen) atoms. The molecule has 0 aliphatic carbocycles. The van der Waals surface area contributed by atoms with Crippen molar-refractivity contribution in [2.24, 2.45) is 0 Å². The fourth-order valence-corrected chi connectivity index (χ4v) is 2.13. The number of allylic oxidation sites excluding steroid dienone is 1. The summed E-state index contributed by atoms with van der Waals surface area (Å²) in [5.41, 5.74) is 0. The first-order valence-corrected chi connectivity index (χ1v) is 6.30. The number of fused-ring (bicyclic) bond motifs is 1. The van der Waals surface area contributed by atoms with Gasteiger partial charge in [-0.3, -0.25) is 4.55 Å². The molecule has 0 heterocycles. The first-order valence-electron chi connectivity index (χ1n) is 4.86. The van der Waals surface area contributed by atoms with Crippen molar-refractivity contribution in [2.45, 2.75) is 4.90 Å². The Morgan fingerprint density at radius 2 is 1.61 bits per heavy atom. The normalized spacial score (nSPS) is 9.83. The summed E-state index contributed by atoms with van der Waals surface area (Å²) >= 11 is 0. The summed E-state index contributed by atoms with van der Waals surface area (Å²) in [6, 6.07) is 11.8. The van der Waals surface area contributed by atoms with Crippen LogP contribution in [0.25, 0.3) is 10.8 Å². The van der Waals surface area contributed by atoms with Crippen molar-refractivity contribution >= 4 is 20.9 Å². The van der Waals surface area contributed by atoms with Crippen LogP contribution < -0.4 is 29.6 Å². The molecule has 0 aliphatic rings. The Morgan fingerprint density at radius 3 is 2.17 bits per heavy atom. The van der Waals surface area contributed by atoms with Crippen molar-refractivity contribution in [1.29, 1.82) is 0 Å². The number of rotatable bonds is 1. The molecule has 0 atom stereocenters. The van der Waals surface area contributed by atoms with Crippen LogP contribution in [-0.4, -0.2) is 13.0 Å². The second-order valence-electron chi connectivity index (χ2n) is 3.24. The van der Waals surface area contributed by atoms with E-state index >= 15 is 0 Å². The monoisotopic (exact) mass is 272 g/mol. The maximum atomic E-state index is 11.0. The van der Waals surface area contributed by atoms with E-state index in [2.05, 4.69) is 13.5 Å². The Labute approximate surface area is 130 Å². The summed E-state index contributed by atoms with van der Waals surface area (Å²) in [6.45, 7) is 6.50. The van der Waals surface area contributed by atoms with E-state index in [9.17, 15) is 8.42 Å². The molecule has 0 fully saturated rings. The molecule has 0 saturated heterocycles. The van der Waals surface area contributed by atoms with Crippen molar-refractivity contribution in [3.05, 3.63) is 62.0 Å². The van der Waals surface area contributed by atoms with Gasteiger partial charge in [0.1, 0.15) is 4.90 Å². The molecule has 0 aliphatic heterocycles. The quantitative estimate of drug-likeness (QED) is 0.455. The molecule has 2 aromatic carbocycles. The van der Waals surface area contributed by atoms with Gasteiger partial charge < -0.3 is 0 Å². The average Bonchev–Trinajstić information content (AvgIpc) is 2.28. The standard InChI is InChI=1S/C10H8O3S.C3H5.Na/c11-14(12,13)10-7-3-5-8-4-1-2-6-9(8)10;1-3-2;/h1-7H,(H,11,12,13);3H,1-2H2;/q;-1;+1. The number of hydrogen-bond acceptors (Lipinski definition) is 2. The molecular formula is C13H13NaO3S. The van der Waals surface area contributed by atoms with Crippen LogP contribution in [0.4, 0.5) is 0 Å². The van der Waals surface area contributed by atoms with Gasteiger partial charge in [0.25, 0.3) is 10.1 Å². The van der Waals surface area contributed by atoms with Gasteiger partial charge >= 0.3 is 29.6 Å². The van der Waals surface area contributed by atoms with Gasteiger partial charge in [-0.2, -0.15) is 8.42 Å². The molecule has 0 spiro atoms. The zero-order valence-corrected chi connectivity index (χ0v) is 13.0. The molecule has 90 valence electrons. The Balaban J connectivity index is 0.000000660. The van der Waals surface area contributed by atoms with Crippen molar-refractivity contribution in [3.63, 3.8) is 0 Å². The van der Waals surface area contributed by atoms with E-state index in [-0.39, 0.29) is 34.5 Å². The minimum atomic E-state index is -4.13. The van der Waals surface area contributed by atoms with E-state index in [0.717, 1.165) is 5.39 Å². The van der Waals surface area contributed by atoms with Gasteiger partial charge in [0.15, 0.2) is 0 Å². The number of hydrogen-bond donors (Lipinski definition) is 1. The van der Waals surface area contributed by atoms with E-state index in [1.807, 2.05) is 6.07 Å². The van der Waals surface area contributed by atoms with E-state index in [0.29, 0.717) is 5.39 Å². The second-order valence-corrected chi connectivity index (χ2v) is 4.63. The Hall–Kier alpha value is -0.780. The van der Waals surface area contributed by atoms with Crippen molar-refractivity contribution in [2.75, 3.05) is 0 Å². The number of benzene rings is 2. The van der Waals surface area contributed by atoms with Crippen molar-refractivity contribution < 1.29 is 42.5 Å². The molecule has 0 unspecified atom stereocenters. The van der Waals surface area contributed by atoms with Crippen LogP contribution in [0.3, 0.4) is 0 Å². The van der Waals surface area contributed by atoms with E-state index in [1.165, 1.54) is 12.1 Å². The molecule has 1 N–H and O–H groups in total. The van der Waals surface area contributed by atoms with Crippen molar-refractivity contribution in [1.82, 2.24) is 0 Å². The van der Waals surface area contributed by atoms with Crippen molar-refractivity contribution in [3.8, 4) is 0 Å². The Morgan fingerprint density at radius 1 is 1.11 bits per heavy atom. The molecule has 0 aromatic heterocycles. The summed E-state index contributed by atoms with van der Waals surface area (Å²) in [5.74, 6) is 0. The molecule has 0 radical (unpaired) electrons. The topological polar surface area (TPSA) is 54.4 Å². The van der Waals surface area contributed by atoms with Crippen LogP contribution in [0, 0.1) is 6.92 Å². The van der Waals surface area contributed by atoms with Crippen LogP contribution in [0.5, 0.6) is 0 Å². The minimum absolute atomic E-state index is 0. The second kappa shape index (κ2) is 7.61. The molecular weight excluding hydrogens is 259 g/mol. The molecule has 5 heteroatoms. The zero-order valence-electron chi connectivity index (χ0n) is 10.2. The summed E-state index contributed by atoms with van der Waals surface area (Å²) in [6.07, 6.45) is 1.50. The van der Waals surface area contributed by atoms with Crippen LogP contribution in [-0.2, 0) is 10.1 Å². The first-order chi connectivity index (χ1) is 8.00. The Bertz CT molecular complexity index is 616. The largest absolute Gasteiger partial charge is 1.00 e. The first kappa shape index (κ1) is 17.2. The molecule has 0 bridgehead atoms. The minimum Gasteiger partial charge on any atom is -0.282 e. The third-order valence-electron chi connectivity index (χ3n) is 2.03. The van der Waals surface area contributed by atoms with E-state index in [1.54, 1.807) is 30.3 Å². The predicted octanol–water partition coefficient (Wildman–Crippen LogP) is 0.0970. The maximum absolute atomic E-state index is 11.0.